The lowest BCUT2D eigenvalue weighted by Gasteiger charge is -2.04. The molecule has 0 aliphatic heterocycles. The maximum Gasteiger partial charge on any atom is 0.358 e. The Labute approximate surface area is 120 Å². The molecule has 106 valence electrons. The number of ether oxygens (including phenoxy) is 1. The lowest BCUT2D eigenvalue weighted by Crippen LogP contribution is -2.03. The van der Waals surface area contributed by atoms with Gasteiger partial charge in [0.05, 0.1) is 12.8 Å². The number of rotatable bonds is 2. The summed E-state index contributed by atoms with van der Waals surface area (Å²) < 4.78 is 19.2. The zero-order valence-corrected chi connectivity index (χ0v) is 11.5. The van der Waals surface area contributed by atoms with Gasteiger partial charge in [-0.25, -0.2) is 18.7 Å². The number of halogens is 1. The summed E-state index contributed by atoms with van der Waals surface area (Å²) in [7, 11) is 1.30. The number of aryl methyl sites for hydroxylation is 1. The Morgan fingerprint density at radius 3 is 2.62 bits per heavy atom. The molecule has 0 atom stereocenters. The van der Waals surface area contributed by atoms with E-state index >= 15 is 0 Å². The highest BCUT2D eigenvalue weighted by Gasteiger charge is 2.14. The summed E-state index contributed by atoms with van der Waals surface area (Å²) >= 11 is 0. The van der Waals surface area contributed by atoms with Gasteiger partial charge < -0.3 is 4.74 Å². The van der Waals surface area contributed by atoms with Crippen LogP contribution in [0.5, 0.6) is 0 Å². The third-order valence-electron chi connectivity index (χ3n) is 3.14. The number of nitrogens with zero attached hydrogens (tertiary/aromatic N) is 3. The third-order valence-corrected chi connectivity index (χ3v) is 3.14. The molecule has 0 spiro atoms. The van der Waals surface area contributed by atoms with Crippen molar-refractivity contribution in [3.8, 4) is 11.3 Å². The number of aromatic nitrogens is 3. The SMILES string of the molecule is COC(=O)c1cc2nc(-c3ccc(F)cc3)cc(C)n2n1. The van der Waals surface area contributed by atoms with Crippen LogP contribution in [0.3, 0.4) is 0 Å². The van der Waals surface area contributed by atoms with Gasteiger partial charge in [-0.1, -0.05) is 0 Å². The molecule has 2 aromatic heterocycles. The summed E-state index contributed by atoms with van der Waals surface area (Å²) in [4.78, 5) is 16.0. The molecule has 0 saturated carbocycles. The highest BCUT2D eigenvalue weighted by atomic mass is 19.1. The van der Waals surface area contributed by atoms with E-state index in [1.54, 1.807) is 22.7 Å². The fraction of sp³-hybridized carbons (Fsp3) is 0.133. The zero-order valence-electron chi connectivity index (χ0n) is 11.5. The van der Waals surface area contributed by atoms with Crippen molar-refractivity contribution < 1.29 is 13.9 Å². The molecule has 3 rings (SSSR count). The second-order valence-electron chi connectivity index (χ2n) is 4.58. The molecule has 0 N–H and O–H groups in total. The highest BCUT2D eigenvalue weighted by molar-refractivity contribution is 5.88. The molecule has 21 heavy (non-hydrogen) atoms. The third kappa shape index (κ3) is 2.35. The Balaban J connectivity index is 2.14. The van der Waals surface area contributed by atoms with Gasteiger partial charge in [-0.15, -0.1) is 0 Å². The molecular formula is C15H12FN3O2. The number of esters is 1. The van der Waals surface area contributed by atoms with Gasteiger partial charge in [-0.2, -0.15) is 5.10 Å². The van der Waals surface area contributed by atoms with Crippen molar-refractivity contribution in [3.63, 3.8) is 0 Å². The molecule has 1 aromatic carbocycles. The van der Waals surface area contributed by atoms with Crippen LogP contribution in [0.1, 0.15) is 16.2 Å². The average Bonchev–Trinajstić information content (AvgIpc) is 2.92. The largest absolute Gasteiger partial charge is 0.464 e. The predicted octanol–water partition coefficient (Wildman–Crippen LogP) is 2.63. The van der Waals surface area contributed by atoms with Crippen molar-refractivity contribution in [2.24, 2.45) is 0 Å². The first-order valence-corrected chi connectivity index (χ1v) is 6.30. The molecule has 0 unspecified atom stereocenters. The van der Waals surface area contributed by atoms with E-state index in [0.29, 0.717) is 11.3 Å². The summed E-state index contributed by atoms with van der Waals surface area (Å²) in [5.74, 6) is -0.808. The van der Waals surface area contributed by atoms with E-state index in [2.05, 4.69) is 14.8 Å². The van der Waals surface area contributed by atoms with Crippen LogP contribution >= 0.6 is 0 Å². The number of fused-ring (bicyclic) bond motifs is 1. The zero-order chi connectivity index (χ0) is 15.0. The number of hydrogen-bond donors (Lipinski definition) is 0. The molecule has 0 aliphatic carbocycles. The fourth-order valence-corrected chi connectivity index (χ4v) is 2.10. The molecule has 0 fully saturated rings. The Morgan fingerprint density at radius 2 is 1.95 bits per heavy atom. The van der Waals surface area contributed by atoms with Crippen LogP contribution < -0.4 is 0 Å². The van der Waals surface area contributed by atoms with Crippen molar-refractivity contribution in [2.75, 3.05) is 7.11 Å². The van der Waals surface area contributed by atoms with Gasteiger partial charge in [0, 0.05) is 17.3 Å². The number of methoxy groups -OCH3 is 1. The number of benzene rings is 1. The van der Waals surface area contributed by atoms with Gasteiger partial charge in [0.1, 0.15) is 5.82 Å². The van der Waals surface area contributed by atoms with Crippen LogP contribution in [0.2, 0.25) is 0 Å². The lowest BCUT2D eigenvalue weighted by molar-refractivity contribution is 0.0593. The Morgan fingerprint density at radius 1 is 1.24 bits per heavy atom. The molecule has 0 saturated heterocycles. The van der Waals surface area contributed by atoms with E-state index in [9.17, 15) is 9.18 Å². The molecule has 0 aliphatic rings. The summed E-state index contributed by atoms with van der Waals surface area (Å²) in [6.45, 7) is 1.86. The van der Waals surface area contributed by atoms with E-state index in [1.807, 2.05) is 13.0 Å². The van der Waals surface area contributed by atoms with E-state index < -0.39 is 5.97 Å². The monoisotopic (exact) mass is 285 g/mol. The second kappa shape index (κ2) is 4.97. The molecule has 2 heterocycles. The standard InChI is InChI=1S/C15H12FN3O2/c1-9-7-12(10-3-5-11(16)6-4-10)17-14-8-13(15(20)21-2)18-19(9)14/h3-8H,1-2H3. The summed E-state index contributed by atoms with van der Waals surface area (Å²) in [5, 5.41) is 4.15. The van der Waals surface area contributed by atoms with Crippen LogP contribution in [0.25, 0.3) is 16.9 Å². The molecule has 0 amide bonds. The average molecular weight is 285 g/mol. The molecule has 3 aromatic rings. The minimum Gasteiger partial charge on any atom is -0.464 e. The first-order chi connectivity index (χ1) is 10.1. The van der Waals surface area contributed by atoms with E-state index in [4.69, 9.17) is 0 Å². The van der Waals surface area contributed by atoms with Crippen molar-refractivity contribution in [2.45, 2.75) is 6.92 Å². The smallest absolute Gasteiger partial charge is 0.358 e. The van der Waals surface area contributed by atoms with E-state index in [-0.39, 0.29) is 11.5 Å². The van der Waals surface area contributed by atoms with Gasteiger partial charge in [-0.05, 0) is 37.3 Å². The Bertz CT molecular complexity index is 825. The lowest BCUT2D eigenvalue weighted by atomic mass is 10.1. The van der Waals surface area contributed by atoms with Crippen LogP contribution in [0.4, 0.5) is 4.39 Å². The van der Waals surface area contributed by atoms with Crippen LogP contribution in [0, 0.1) is 12.7 Å². The van der Waals surface area contributed by atoms with Crippen LogP contribution in [-0.2, 0) is 4.74 Å². The fourth-order valence-electron chi connectivity index (χ4n) is 2.10. The number of carbonyl (C=O) groups is 1. The first-order valence-electron chi connectivity index (χ1n) is 6.30. The summed E-state index contributed by atoms with van der Waals surface area (Å²) in [6.07, 6.45) is 0. The number of carbonyl (C=O) groups excluding carboxylic acids is 1. The molecule has 0 radical (unpaired) electrons. The van der Waals surface area contributed by atoms with Gasteiger partial charge >= 0.3 is 5.97 Å². The summed E-state index contributed by atoms with van der Waals surface area (Å²) in [6, 6.07) is 9.47. The highest BCUT2D eigenvalue weighted by Crippen LogP contribution is 2.20. The molecule has 6 heteroatoms. The Kier molecular flexibility index (Phi) is 3.13. The maximum absolute atomic E-state index is 13.0. The van der Waals surface area contributed by atoms with Crippen molar-refractivity contribution in [1.29, 1.82) is 0 Å². The Hall–Kier alpha value is -2.76. The topological polar surface area (TPSA) is 56.5 Å². The number of hydrogen-bond acceptors (Lipinski definition) is 4. The van der Waals surface area contributed by atoms with Gasteiger partial charge in [0.2, 0.25) is 0 Å². The molecule has 0 bridgehead atoms. The predicted molar refractivity (Wildman–Crippen MR) is 74.5 cm³/mol. The van der Waals surface area contributed by atoms with Crippen molar-refractivity contribution in [3.05, 3.63) is 53.6 Å². The van der Waals surface area contributed by atoms with Crippen LogP contribution in [0.15, 0.2) is 36.4 Å². The molecular weight excluding hydrogens is 273 g/mol. The normalized spacial score (nSPS) is 10.8. The second-order valence-corrected chi connectivity index (χ2v) is 4.58. The van der Waals surface area contributed by atoms with Gasteiger partial charge in [0.25, 0.3) is 0 Å². The minimum atomic E-state index is -0.511. The van der Waals surface area contributed by atoms with E-state index in [1.165, 1.54) is 19.2 Å². The minimum absolute atomic E-state index is 0.198. The van der Waals surface area contributed by atoms with Crippen molar-refractivity contribution >= 4 is 11.6 Å². The quantitative estimate of drug-likeness (QED) is 0.679. The molecule has 5 nitrogen and oxygen atoms in total. The van der Waals surface area contributed by atoms with Crippen molar-refractivity contribution in [1.82, 2.24) is 14.6 Å². The van der Waals surface area contributed by atoms with Crippen LogP contribution in [-0.4, -0.2) is 27.7 Å². The first kappa shape index (κ1) is 13.2. The van der Waals surface area contributed by atoms with E-state index in [0.717, 1.165) is 11.3 Å². The van der Waals surface area contributed by atoms with Gasteiger partial charge in [0.15, 0.2) is 11.3 Å². The van der Waals surface area contributed by atoms with Gasteiger partial charge in [-0.3, -0.25) is 0 Å². The maximum atomic E-state index is 13.0. The summed E-state index contributed by atoms with van der Waals surface area (Å²) in [5.41, 5.74) is 3.03.